The van der Waals surface area contributed by atoms with E-state index in [1.54, 1.807) is 0 Å². The molecular weight excluding hydrogens is 358 g/mol. The normalized spacial score (nSPS) is 18.6. The van der Waals surface area contributed by atoms with Crippen LogP contribution in [0.25, 0.3) is 0 Å². The van der Waals surface area contributed by atoms with E-state index in [0.29, 0.717) is 0 Å². The Morgan fingerprint density at radius 2 is 1.59 bits per heavy atom. The number of benzene rings is 2. The molecule has 1 saturated heterocycles. The lowest BCUT2D eigenvalue weighted by molar-refractivity contribution is -0.0547. The molecule has 27 heavy (non-hydrogen) atoms. The molecule has 1 heterocycles. The van der Waals surface area contributed by atoms with Gasteiger partial charge in [-0.05, 0) is 24.0 Å². The second-order valence-corrected chi connectivity index (χ2v) is 7.72. The molecule has 0 radical (unpaired) electrons. The first-order chi connectivity index (χ1) is 12.5. The van der Waals surface area contributed by atoms with Gasteiger partial charge in [0.15, 0.2) is 0 Å². The van der Waals surface area contributed by atoms with Crippen LogP contribution in [0.5, 0.6) is 0 Å². The summed E-state index contributed by atoms with van der Waals surface area (Å²) in [5.74, 6) is 0.0981. The minimum Gasteiger partial charge on any atom is -0.384 e. The van der Waals surface area contributed by atoms with Gasteiger partial charge in [-0.1, -0.05) is 74.0 Å². The minimum absolute atomic E-state index is 0. The van der Waals surface area contributed by atoms with Gasteiger partial charge in [0, 0.05) is 25.6 Å². The number of aliphatic hydroxyl groups is 1. The summed E-state index contributed by atoms with van der Waals surface area (Å²) in [7, 11) is 0. The van der Waals surface area contributed by atoms with E-state index in [0.717, 1.165) is 38.4 Å². The number of hydrogen-bond acceptors (Lipinski definition) is 3. The van der Waals surface area contributed by atoms with Crippen LogP contribution in [0.2, 0.25) is 0 Å². The molecule has 2 unspecified atom stereocenters. The summed E-state index contributed by atoms with van der Waals surface area (Å²) in [6.07, 6.45) is 0. The van der Waals surface area contributed by atoms with E-state index < -0.39 is 5.60 Å². The first-order valence-electron chi connectivity index (χ1n) is 9.66. The van der Waals surface area contributed by atoms with Crippen LogP contribution in [0, 0.1) is 12.8 Å². The van der Waals surface area contributed by atoms with Crippen molar-refractivity contribution in [2.75, 3.05) is 32.8 Å². The predicted molar refractivity (Wildman–Crippen MR) is 114 cm³/mol. The Labute approximate surface area is 169 Å². The van der Waals surface area contributed by atoms with Crippen molar-refractivity contribution in [2.45, 2.75) is 32.3 Å². The zero-order valence-corrected chi connectivity index (χ0v) is 17.4. The molecule has 4 heteroatoms. The molecule has 0 aliphatic carbocycles. The van der Waals surface area contributed by atoms with Crippen molar-refractivity contribution >= 4 is 12.4 Å². The fourth-order valence-electron chi connectivity index (χ4n) is 3.98. The van der Waals surface area contributed by atoms with Gasteiger partial charge in [0.1, 0.15) is 0 Å². The smallest absolute Gasteiger partial charge is 0.0999 e. The lowest BCUT2D eigenvalue weighted by Crippen LogP contribution is -2.47. The van der Waals surface area contributed by atoms with E-state index in [1.165, 1.54) is 11.1 Å². The molecule has 1 N–H and O–H groups in total. The van der Waals surface area contributed by atoms with Crippen LogP contribution >= 0.6 is 12.4 Å². The fraction of sp³-hybridized carbons (Fsp3) is 0.478. The monoisotopic (exact) mass is 389 g/mol. The average molecular weight is 390 g/mol. The molecule has 1 aliphatic heterocycles. The molecule has 0 aromatic heterocycles. The largest absolute Gasteiger partial charge is 0.384 e. The Hall–Kier alpha value is -1.39. The van der Waals surface area contributed by atoms with Crippen molar-refractivity contribution in [3.05, 3.63) is 71.3 Å². The third-order valence-corrected chi connectivity index (χ3v) is 5.67. The summed E-state index contributed by atoms with van der Waals surface area (Å²) in [6.45, 7) is 10.5. The molecule has 0 spiro atoms. The zero-order valence-electron chi connectivity index (χ0n) is 16.6. The number of morpholine rings is 1. The summed E-state index contributed by atoms with van der Waals surface area (Å²) >= 11 is 0. The Kier molecular flexibility index (Phi) is 7.87. The fourth-order valence-corrected chi connectivity index (χ4v) is 3.98. The van der Waals surface area contributed by atoms with Crippen molar-refractivity contribution in [1.82, 2.24) is 4.90 Å². The maximum absolute atomic E-state index is 12.0. The summed E-state index contributed by atoms with van der Waals surface area (Å²) in [6, 6.07) is 18.8. The number of hydrogen-bond donors (Lipinski definition) is 1. The van der Waals surface area contributed by atoms with Crippen LogP contribution < -0.4 is 0 Å². The highest BCUT2D eigenvalue weighted by Gasteiger charge is 2.43. The third kappa shape index (κ3) is 4.91. The average Bonchev–Trinajstić information content (AvgIpc) is 2.67. The summed E-state index contributed by atoms with van der Waals surface area (Å²) in [5.41, 5.74) is 2.48. The van der Waals surface area contributed by atoms with Crippen molar-refractivity contribution in [1.29, 1.82) is 0 Å². The van der Waals surface area contributed by atoms with Crippen molar-refractivity contribution in [3.63, 3.8) is 0 Å². The molecule has 2 aromatic rings. The second-order valence-electron chi connectivity index (χ2n) is 7.72. The van der Waals surface area contributed by atoms with E-state index in [2.05, 4.69) is 74.2 Å². The van der Waals surface area contributed by atoms with Gasteiger partial charge >= 0.3 is 0 Å². The molecule has 2 aromatic carbocycles. The molecule has 2 atom stereocenters. The van der Waals surface area contributed by atoms with Gasteiger partial charge in [-0.15, -0.1) is 12.4 Å². The third-order valence-electron chi connectivity index (χ3n) is 5.67. The van der Waals surface area contributed by atoms with E-state index in [4.69, 9.17) is 4.74 Å². The van der Waals surface area contributed by atoms with Crippen LogP contribution in [0.4, 0.5) is 0 Å². The van der Waals surface area contributed by atoms with Gasteiger partial charge in [0.2, 0.25) is 0 Å². The standard InChI is InChI=1S/C23H31NO2.ClH/c1-18(2)23(25,21-11-9-19(3)10-12-21)22(20-7-5-4-6-8-20)17-24-13-15-26-16-14-24;/h4-12,18,22,25H,13-17H2,1-3H3;1H. The number of nitrogens with zero attached hydrogens (tertiary/aromatic N) is 1. The number of aryl methyl sites for hydroxylation is 1. The van der Waals surface area contributed by atoms with Gasteiger partial charge < -0.3 is 9.84 Å². The predicted octanol–water partition coefficient (Wildman–Crippen LogP) is 4.38. The van der Waals surface area contributed by atoms with Crippen molar-refractivity contribution in [3.8, 4) is 0 Å². The van der Waals surface area contributed by atoms with Crippen LogP contribution in [0.15, 0.2) is 54.6 Å². The molecule has 1 fully saturated rings. The highest BCUT2D eigenvalue weighted by molar-refractivity contribution is 5.85. The molecular formula is C23H32ClNO2. The summed E-state index contributed by atoms with van der Waals surface area (Å²) in [5, 5.41) is 12.0. The SMILES string of the molecule is Cc1ccc(C(O)(C(C)C)C(CN2CCOCC2)c2ccccc2)cc1.Cl. The number of rotatable bonds is 6. The van der Waals surface area contributed by atoms with Crippen LogP contribution in [0.3, 0.4) is 0 Å². The van der Waals surface area contributed by atoms with Crippen LogP contribution in [-0.2, 0) is 10.3 Å². The Balaban J connectivity index is 0.00000261. The molecule has 0 bridgehead atoms. The number of halogens is 1. The van der Waals surface area contributed by atoms with E-state index >= 15 is 0 Å². The first kappa shape index (κ1) is 21.9. The maximum atomic E-state index is 12.0. The lowest BCUT2D eigenvalue weighted by Gasteiger charge is -2.43. The Bertz CT molecular complexity index is 683. The van der Waals surface area contributed by atoms with Gasteiger partial charge in [0.25, 0.3) is 0 Å². The van der Waals surface area contributed by atoms with Gasteiger partial charge in [-0.3, -0.25) is 4.90 Å². The molecule has 3 rings (SSSR count). The summed E-state index contributed by atoms with van der Waals surface area (Å²) < 4.78 is 5.51. The topological polar surface area (TPSA) is 32.7 Å². The highest BCUT2D eigenvalue weighted by Crippen LogP contribution is 2.43. The van der Waals surface area contributed by atoms with Gasteiger partial charge in [-0.2, -0.15) is 0 Å². The first-order valence-corrected chi connectivity index (χ1v) is 9.66. The Morgan fingerprint density at radius 1 is 1.00 bits per heavy atom. The molecule has 0 saturated carbocycles. The Morgan fingerprint density at radius 3 is 2.15 bits per heavy atom. The molecule has 1 aliphatic rings. The van der Waals surface area contributed by atoms with E-state index in [-0.39, 0.29) is 24.2 Å². The number of ether oxygens (including phenoxy) is 1. The summed E-state index contributed by atoms with van der Waals surface area (Å²) in [4.78, 5) is 2.42. The quantitative estimate of drug-likeness (QED) is 0.795. The van der Waals surface area contributed by atoms with E-state index in [9.17, 15) is 5.11 Å². The molecule has 148 valence electrons. The molecule has 0 amide bonds. The molecule has 3 nitrogen and oxygen atoms in total. The lowest BCUT2D eigenvalue weighted by atomic mass is 9.70. The van der Waals surface area contributed by atoms with E-state index in [1.807, 2.05) is 6.07 Å². The van der Waals surface area contributed by atoms with Crippen molar-refractivity contribution < 1.29 is 9.84 Å². The maximum Gasteiger partial charge on any atom is 0.0999 e. The van der Waals surface area contributed by atoms with Gasteiger partial charge in [0.05, 0.1) is 18.8 Å². The van der Waals surface area contributed by atoms with Gasteiger partial charge in [-0.25, -0.2) is 0 Å². The zero-order chi connectivity index (χ0) is 18.6. The second kappa shape index (κ2) is 9.70. The van der Waals surface area contributed by atoms with Crippen molar-refractivity contribution in [2.24, 2.45) is 5.92 Å². The van der Waals surface area contributed by atoms with Crippen LogP contribution in [-0.4, -0.2) is 42.9 Å². The highest BCUT2D eigenvalue weighted by atomic mass is 35.5. The minimum atomic E-state index is -0.923. The van der Waals surface area contributed by atoms with Crippen LogP contribution in [0.1, 0.15) is 36.5 Å².